The quantitative estimate of drug-likeness (QED) is 0.496. The predicted octanol–water partition coefficient (Wildman–Crippen LogP) is 5.86. The van der Waals surface area contributed by atoms with Crippen molar-refractivity contribution in [3.05, 3.63) is 62.9 Å². The molecule has 0 spiro atoms. The number of carbonyl (C=O) groups excluding carboxylic acids is 1. The molecule has 0 bridgehead atoms. The Bertz CT molecular complexity index is 1090. The van der Waals surface area contributed by atoms with Crippen LogP contribution in [-0.4, -0.2) is 34.0 Å². The fraction of sp³-hybridized carbons (Fsp3) is 0.318. The second kappa shape index (κ2) is 9.57. The number of rotatable bonds is 5. The molecule has 0 saturated carbocycles. The third-order valence-corrected chi connectivity index (χ3v) is 6.35. The van der Waals surface area contributed by atoms with Crippen molar-refractivity contribution in [1.82, 2.24) is 15.0 Å². The van der Waals surface area contributed by atoms with Crippen molar-refractivity contribution >= 4 is 46.4 Å². The SMILES string of the molecule is Cc1ccc(NC(=O)C2CCN(Cc3nc(-c4ccc(Cl)cc4Cl)no3)CC2)cc1Cl. The third-order valence-electron chi connectivity index (χ3n) is 5.40. The molecule has 1 saturated heterocycles. The van der Waals surface area contributed by atoms with Gasteiger partial charge in [0.05, 0.1) is 11.6 Å². The van der Waals surface area contributed by atoms with Crippen LogP contribution in [0.25, 0.3) is 11.4 Å². The van der Waals surface area contributed by atoms with Gasteiger partial charge in [-0.15, -0.1) is 0 Å². The molecular weight excluding hydrogens is 459 g/mol. The normalized spacial score (nSPS) is 15.2. The topological polar surface area (TPSA) is 71.3 Å². The van der Waals surface area contributed by atoms with E-state index in [9.17, 15) is 4.79 Å². The molecule has 2 aromatic carbocycles. The molecule has 1 aliphatic heterocycles. The van der Waals surface area contributed by atoms with Gasteiger partial charge in [-0.1, -0.05) is 46.0 Å². The van der Waals surface area contributed by atoms with Gasteiger partial charge in [-0.25, -0.2) is 0 Å². The fourth-order valence-electron chi connectivity index (χ4n) is 3.56. The zero-order valence-corrected chi connectivity index (χ0v) is 19.1. The van der Waals surface area contributed by atoms with Crippen molar-refractivity contribution in [2.45, 2.75) is 26.3 Å². The standard InChI is InChI=1S/C22H21Cl3N4O2/c1-13-2-4-16(11-18(13)24)26-22(30)14-6-8-29(9-7-14)12-20-27-21(28-31-20)17-5-3-15(23)10-19(17)25/h2-5,10-11,14H,6-9,12H2,1H3,(H,26,30). The van der Waals surface area contributed by atoms with E-state index in [2.05, 4.69) is 20.4 Å². The first kappa shape index (κ1) is 22.1. The Balaban J connectivity index is 1.30. The maximum Gasteiger partial charge on any atom is 0.241 e. The van der Waals surface area contributed by atoms with Crippen molar-refractivity contribution in [1.29, 1.82) is 0 Å². The second-order valence-electron chi connectivity index (χ2n) is 7.64. The summed E-state index contributed by atoms with van der Waals surface area (Å²) in [6.07, 6.45) is 1.52. The van der Waals surface area contributed by atoms with Gasteiger partial charge < -0.3 is 9.84 Å². The Kier molecular flexibility index (Phi) is 6.82. The summed E-state index contributed by atoms with van der Waals surface area (Å²) in [5.74, 6) is 0.931. The molecule has 31 heavy (non-hydrogen) atoms. The number of nitrogens with one attached hydrogen (secondary N) is 1. The maximum atomic E-state index is 12.6. The number of hydrogen-bond acceptors (Lipinski definition) is 5. The smallest absolute Gasteiger partial charge is 0.241 e. The molecule has 4 rings (SSSR count). The molecule has 1 amide bonds. The van der Waals surface area contributed by atoms with E-state index in [1.54, 1.807) is 24.3 Å². The average Bonchev–Trinajstić information content (AvgIpc) is 3.19. The van der Waals surface area contributed by atoms with Crippen LogP contribution >= 0.6 is 34.8 Å². The Morgan fingerprint density at radius 2 is 1.90 bits per heavy atom. The summed E-state index contributed by atoms with van der Waals surface area (Å²) >= 11 is 18.3. The highest BCUT2D eigenvalue weighted by Crippen LogP contribution is 2.29. The molecule has 0 radical (unpaired) electrons. The van der Waals surface area contributed by atoms with E-state index >= 15 is 0 Å². The van der Waals surface area contributed by atoms with Crippen molar-refractivity contribution in [3.63, 3.8) is 0 Å². The van der Waals surface area contributed by atoms with Gasteiger partial charge in [0, 0.05) is 27.2 Å². The van der Waals surface area contributed by atoms with Gasteiger partial charge in [-0.3, -0.25) is 9.69 Å². The minimum Gasteiger partial charge on any atom is -0.338 e. The van der Waals surface area contributed by atoms with Crippen LogP contribution in [0.2, 0.25) is 15.1 Å². The fourth-order valence-corrected chi connectivity index (χ4v) is 4.23. The van der Waals surface area contributed by atoms with Gasteiger partial charge >= 0.3 is 0 Å². The third kappa shape index (κ3) is 5.39. The van der Waals surface area contributed by atoms with Gasteiger partial charge in [-0.2, -0.15) is 4.98 Å². The number of nitrogens with zero attached hydrogens (tertiary/aromatic N) is 3. The van der Waals surface area contributed by atoms with Crippen molar-refractivity contribution in [2.24, 2.45) is 5.92 Å². The monoisotopic (exact) mass is 478 g/mol. The maximum absolute atomic E-state index is 12.6. The number of anilines is 1. The molecule has 0 aliphatic carbocycles. The van der Waals surface area contributed by atoms with Crippen LogP contribution in [0.5, 0.6) is 0 Å². The van der Waals surface area contributed by atoms with Gasteiger partial charge in [0.1, 0.15) is 0 Å². The number of aromatic nitrogens is 2. The van der Waals surface area contributed by atoms with Gasteiger partial charge in [0.25, 0.3) is 0 Å². The summed E-state index contributed by atoms with van der Waals surface area (Å²) in [5.41, 5.74) is 2.38. The zero-order valence-electron chi connectivity index (χ0n) is 16.9. The number of aryl methyl sites for hydroxylation is 1. The summed E-state index contributed by atoms with van der Waals surface area (Å²) in [4.78, 5) is 19.3. The summed E-state index contributed by atoms with van der Waals surface area (Å²) in [6, 6.07) is 10.7. The van der Waals surface area contributed by atoms with Crippen LogP contribution in [0.15, 0.2) is 40.9 Å². The molecule has 3 aromatic rings. The number of piperidine rings is 1. The van der Waals surface area contributed by atoms with Crippen molar-refractivity contribution < 1.29 is 9.32 Å². The summed E-state index contributed by atoms with van der Waals surface area (Å²) in [5, 5.41) is 8.67. The molecule has 0 atom stereocenters. The lowest BCUT2D eigenvalue weighted by Gasteiger charge is -2.30. The highest BCUT2D eigenvalue weighted by Gasteiger charge is 2.26. The number of amides is 1. The molecule has 162 valence electrons. The Morgan fingerprint density at radius 3 is 2.61 bits per heavy atom. The minimum absolute atomic E-state index is 0.0250. The van der Waals surface area contributed by atoms with Gasteiger partial charge in [-0.05, 0) is 68.8 Å². The van der Waals surface area contributed by atoms with Gasteiger partial charge in [0.2, 0.25) is 17.6 Å². The number of halogens is 3. The number of benzene rings is 2. The molecule has 1 aliphatic rings. The summed E-state index contributed by atoms with van der Waals surface area (Å²) in [6.45, 7) is 4.00. The predicted molar refractivity (Wildman–Crippen MR) is 123 cm³/mol. The first-order chi connectivity index (χ1) is 14.9. The number of likely N-dealkylation sites (tertiary alicyclic amines) is 1. The van der Waals surface area contributed by atoms with E-state index in [1.165, 1.54) is 0 Å². The molecule has 0 unspecified atom stereocenters. The van der Waals surface area contributed by atoms with E-state index in [4.69, 9.17) is 39.3 Å². The van der Waals surface area contributed by atoms with Crippen LogP contribution in [0.1, 0.15) is 24.3 Å². The Hall–Kier alpha value is -2.12. The van der Waals surface area contributed by atoms with Crippen molar-refractivity contribution in [3.8, 4) is 11.4 Å². The highest BCUT2D eigenvalue weighted by molar-refractivity contribution is 6.36. The largest absolute Gasteiger partial charge is 0.338 e. The zero-order chi connectivity index (χ0) is 22.0. The second-order valence-corrected chi connectivity index (χ2v) is 8.89. The molecule has 9 heteroatoms. The number of carbonyl (C=O) groups is 1. The Labute approximate surface area is 195 Å². The van der Waals surface area contributed by atoms with Crippen LogP contribution < -0.4 is 5.32 Å². The molecule has 1 aromatic heterocycles. The summed E-state index contributed by atoms with van der Waals surface area (Å²) in [7, 11) is 0. The highest BCUT2D eigenvalue weighted by atomic mass is 35.5. The molecule has 1 N–H and O–H groups in total. The summed E-state index contributed by atoms with van der Waals surface area (Å²) < 4.78 is 5.39. The first-order valence-electron chi connectivity index (χ1n) is 9.96. The molecule has 1 fully saturated rings. The first-order valence-corrected chi connectivity index (χ1v) is 11.1. The number of hydrogen-bond donors (Lipinski definition) is 1. The van der Waals surface area contributed by atoms with Gasteiger partial charge in [0.15, 0.2) is 0 Å². The van der Waals surface area contributed by atoms with Crippen LogP contribution in [-0.2, 0) is 11.3 Å². The minimum atomic E-state index is -0.0394. The average molecular weight is 480 g/mol. The molecule has 2 heterocycles. The Morgan fingerprint density at radius 1 is 1.13 bits per heavy atom. The molecule has 6 nitrogen and oxygen atoms in total. The van der Waals surface area contributed by atoms with E-state index in [0.717, 1.165) is 37.2 Å². The van der Waals surface area contributed by atoms with Crippen LogP contribution in [0.3, 0.4) is 0 Å². The lowest BCUT2D eigenvalue weighted by Crippen LogP contribution is -2.37. The van der Waals surface area contributed by atoms with Crippen LogP contribution in [0, 0.1) is 12.8 Å². The molecular formula is C22H21Cl3N4O2. The van der Waals surface area contributed by atoms with E-state index in [-0.39, 0.29) is 11.8 Å². The van der Waals surface area contributed by atoms with E-state index < -0.39 is 0 Å². The lowest BCUT2D eigenvalue weighted by atomic mass is 9.96. The van der Waals surface area contributed by atoms with E-state index in [0.29, 0.717) is 38.9 Å². The van der Waals surface area contributed by atoms with Crippen LogP contribution in [0.4, 0.5) is 5.69 Å². The lowest BCUT2D eigenvalue weighted by molar-refractivity contribution is -0.121. The van der Waals surface area contributed by atoms with E-state index in [1.807, 2.05) is 19.1 Å². The van der Waals surface area contributed by atoms with Crippen molar-refractivity contribution in [2.75, 3.05) is 18.4 Å².